The minimum atomic E-state index is -0.516. The Hall–Kier alpha value is -2.68. The number of nitrogens with zero attached hydrogens (tertiary/aromatic N) is 2. The third kappa shape index (κ3) is 5.55. The van der Waals surface area contributed by atoms with Crippen LogP contribution in [0.3, 0.4) is 0 Å². The molecular formula is C14H19N5O4. The molecule has 9 nitrogen and oxygen atoms in total. The van der Waals surface area contributed by atoms with E-state index in [1.54, 1.807) is 6.07 Å². The summed E-state index contributed by atoms with van der Waals surface area (Å²) in [5.74, 6) is 0.0209. The molecule has 9 heteroatoms. The molecule has 0 aliphatic carbocycles. The van der Waals surface area contributed by atoms with Crippen LogP contribution in [-0.4, -0.2) is 54.5 Å². The van der Waals surface area contributed by atoms with E-state index in [2.05, 4.69) is 16.0 Å². The summed E-state index contributed by atoms with van der Waals surface area (Å²) in [6, 6.07) is 5.33. The highest BCUT2D eigenvalue weighted by atomic mass is 16.6. The second-order valence-corrected chi connectivity index (χ2v) is 5.17. The SMILES string of the molecule is O=C1CN(CCCNC(=O)Nc2cccc([N+](=O)[O-])c2)CCN1. The fourth-order valence-corrected chi connectivity index (χ4v) is 2.26. The molecule has 1 heterocycles. The van der Waals surface area contributed by atoms with E-state index in [4.69, 9.17) is 0 Å². The number of urea groups is 1. The van der Waals surface area contributed by atoms with Gasteiger partial charge in [-0.2, -0.15) is 0 Å². The smallest absolute Gasteiger partial charge is 0.319 e. The molecule has 1 aliphatic rings. The monoisotopic (exact) mass is 321 g/mol. The number of benzene rings is 1. The average molecular weight is 321 g/mol. The van der Waals surface area contributed by atoms with E-state index in [1.165, 1.54) is 18.2 Å². The Morgan fingerprint density at radius 2 is 2.26 bits per heavy atom. The highest BCUT2D eigenvalue weighted by Crippen LogP contribution is 2.16. The van der Waals surface area contributed by atoms with Crippen molar-refractivity contribution in [3.8, 4) is 0 Å². The number of anilines is 1. The van der Waals surface area contributed by atoms with Crippen molar-refractivity contribution in [1.82, 2.24) is 15.5 Å². The number of nitro groups is 1. The lowest BCUT2D eigenvalue weighted by molar-refractivity contribution is -0.384. The molecule has 1 aromatic rings. The van der Waals surface area contributed by atoms with Crippen LogP contribution in [-0.2, 0) is 4.79 Å². The number of hydrogen-bond donors (Lipinski definition) is 3. The second kappa shape index (κ2) is 8.08. The first-order valence-electron chi connectivity index (χ1n) is 7.33. The summed E-state index contributed by atoms with van der Waals surface area (Å²) in [5, 5.41) is 18.7. The first-order chi connectivity index (χ1) is 11.0. The van der Waals surface area contributed by atoms with Gasteiger partial charge in [0, 0.05) is 44.0 Å². The number of carbonyl (C=O) groups is 2. The molecule has 0 atom stereocenters. The highest BCUT2D eigenvalue weighted by molar-refractivity contribution is 5.89. The summed E-state index contributed by atoms with van der Waals surface area (Å²) in [6.45, 7) is 3.04. The molecule has 124 valence electrons. The van der Waals surface area contributed by atoms with E-state index in [9.17, 15) is 19.7 Å². The van der Waals surface area contributed by atoms with Crippen LogP contribution in [0, 0.1) is 10.1 Å². The maximum Gasteiger partial charge on any atom is 0.319 e. The van der Waals surface area contributed by atoms with E-state index in [0.717, 1.165) is 19.5 Å². The van der Waals surface area contributed by atoms with Gasteiger partial charge < -0.3 is 16.0 Å². The Balaban J connectivity index is 1.68. The molecule has 1 aromatic carbocycles. The summed E-state index contributed by atoms with van der Waals surface area (Å²) >= 11 is 0. The Morgan fingerprint density at radius 3 is 3.00 bits per heavy atom. The van der Waals surface area contributed by atoms with Gasteiger partial charge in [-0.25, -0.2) is 4.79 Å². The number of rotatable bonds is 6. The van der Waals surface area contributed by atoms with Gasteiger partial charge in [-0.05, 0) is 12.5 Å². The summed E-state index contributed by atoms with van der Waals surface area (Å²) in [7, 11) is 0. The average Bonchev–Trinajstić information content (AvgIpc) is 2.52. The quantitative estimate of drug-likeness (QED) is 0.402. The zero-order valence-corrected chi connectivity index (χ0v) is 12.6. The molecular weight excluding hydrogens is 302 g/mol. The lowest BCUT2D eigenvalue weighted by atomic mass is 10.3. The third-order valence-corrected chi connectivity index (χ3v) is 3.37. The maximum atomic E-state index is 11.7. The van der Waals surface area contributed by atoms with E-state index in [1.807, 2.05) is 4.90 Å². The topological polar surface area (TPSA) is 117 Å². The normalized spacial score (nSPS) is 14.9. The van der Waals surface area contributed by atoms with E-state index >= 15 is 0 Å². The molecule has 0 aromatic heterocycles. The minimum Gasteiger partial charge on any atom is -0.354 e. The lowest BCUT2D eigenvalue weighted by Crippen LogP contribution is -2.48. The first kappa shape index (κ1) is 16.7. The van der Waals surface area contributed by atoms with Gasteiger partial charge in [0.15, 0.2) is 0 Å². The summed E-state index contributed by atoms with van der Waals surface area (Å²) in [5.41, 5.74) is 0.288. The van der Waals surface area contributed by atoms with Crippen LogP contribution in [0.4, 0.5) is 16.2 Å². The molecule has 1 saturated heterocycles. The number of piperazine rings is 1. The number of nitro benzene ring substituents is 1. The number of carbonyl (C=O) groups excluding carboxylic acids is 2. The van der Waals surface area contributed by atoms with Crippen molar-refractivity contribution in [2.24, 2.45) is 0 Å². The highest BCUT2D eigenvalue weighted by Gasteiger charge is 2.15. The van der Waals surface area contributed by atoms with Crippen molar-refractivity contribution in [1.29, 1.82) is 0 Å². The first-order valence-corrected chi connectivity index (χ1v) is 7.33. The molecule has 2 rings (SSSR count). The van der Waals surface area contributed by atoms with Crippen molar-refractivity contribution >= 4 is 23.3 Å². The van der Waals surface area contributed by atoms with Crippen LogP contribution >= 0.6 is 0 Å². The van der Waals surface area contributed by atoms with E-state index in [0.29, 0.717) is 25.3 Å². The molecule has 3 amide bonds. The van der Waals surface area contributed by atoms with Gasteiger partial charge >= 0.3 is 6.03 Å². The lowest BCUT2D eigenvalue weighted by Gasteiger charge is -2.26. The van der Waals surface area contributed by atoms with Gasteiger partial charge in [0.2, 0.25) is 5.91 Å². The van der Waals surface area contributed by atoms with Crippen molar-refractivity contribution in [3.63, 3.8) is 0 Å². The van der Waals surface area contributed by atoms with Gasteiger partial charge in [0.1, 0.15) is 0 Å². The fraction of sp³-hybridized carbons (Fsp3) is 0.429. The summed E-state index contributed by atoms with van der Waals surface area (Å²) < 4.78 is 0. The van der Waals surface area contributed by atoms with Crippen molar-refractivity contribution < 1.29 is 14.5 Å². The molecule has 1 aliphatic heterocycles. The molecule has 0 unspecified atom stereocenters. The van der Waals surface area contributed by atoms with Gasteiger partial charge in [-0.1, -0.05) is 6.07 Å². The zero-order valence-electron chi connectivity index (χ0n) is 12.6. The molecule has 0 saturated carbocycles. The maximum absolute atomic E-state index is 11.7. The van der Waals surface area contributed by atoms with Gasteiger partial charge in [0.05, 0.1) is 11.5 Å². The van der Waals surface area contributed by atoms with Crippen molar-refractivity contribution in [2.45, 2.75) is 6.42 Å². The van der Waals surface area contributed by atoms with Gasteiger partial charge in [-0.3, -0.25) is 19.8 Å². The van der Waals surface area contributed by atoms with Crippen LogP contribution in [0.25, 0.3) is 0 Å². The molecule has 0 radical (unpaired) electrons. The van der Waals surface area contributed by atoms with Crippen molar-refractivity contribution in [2.75, 3.05) is 38.0 Å². The van der Waals surface area contributed by atoms with Crippen LogP contribution in [0.2, 0.25) is 0 Å². The van der Waals surface area contributed by atoms with E-state index < -0.39 is 11.0 Å². The zero-order chi connectivity index (χ0) is 16.7. The molecule has 0 spiro atoms. The molecule has 23 heavy (non-hydrogen) atoms. The summed E-state index contributed by atoms with van der Waals surface area (Å²) in [4.78, 5) is 35.1. The van der Waals surface area contributed by atoms with Crippen LogP contribution in [0.1, 0.15) is 6.42 Å². The fourth-order valence-electron chi connectivity index (χ4n) is 2.26. The molecule has 1 fully saturated rings. The van der Waals surface area contributed by atoms with Crippen LogP contribution in [0.5, 0.6) is 0 Å². The molecule has 0 bridgehead atoms. The number of nitrogens with one attached hydrogen (secondary N) is 3. The second-order valence-electron chi connectivity index (χ2n) is 5.17. The Morgan fingerprint density at radius 1 is 1.43 bits per heavy atom. The minimum absolute atomic E-state index is 0.0209. The largest absolute Gasteiger partial charge is 0.354 e. The van der Waals surface area contributed by atoms with Gasteiger partial charge in [-0.15, -0.1) is 0 Å². The Bertz CT molecular complexity index is 592. The summed E-state index contributed by atoms with van der Waals surface area (Å²) in [6.07, 6.45) is 0.718. The molecule has 3 N–H and O–H groups in total. The van der Waals surface area contributed by atoms with Crippen LogP contribution in [0.15, 0.2) is 24.3 Å². The Labute approximate surface area is 133 Å². The predicted octanol–water partition coefficient (Wildman–Crippen LogP) is 0.538. The number of hydrogen-bond acceptors (Lipinski definition) is 5. The standard InChI is InChI=1S/C14H19N5O4/c20-13-10-18(8-6-15-13)7-2-5-16-14(21)17-11-3-1-4-12(9-11)19(22)23/h1,3-4,9H,2,5-8,10H2,(H,15,20)(H2,16,17,21). The Kier molecular flexibility index (Phi) is 5.87. The number of non-ortho nitro benzene ring substituents is 1. The van der Waals surface area contributed by atoms with Crippen LogP contribution < -0.4 is 16.0 Å². The van der Waals surface area contributed by atoms with Crippen molar-refractivity contribution in [3.05, 3.63) is 34.4 Å². The predicted molar refractivity (Wildman–Crippen MR) is 84.2 cm³/mol. The van der Waals surface area contributed by atoms with E-state index in [-0.39, 0.29) is 11.6 Å². The van der Waals surface area contributed by atoms with Gasteiger partial charge in [0.25, 0.3) is 5.69 Å². The third-order valence-electron chi connectivity index (χ3n) is 3.37. The number of amides is 3.